The molecule has 0 aliphatic carbocycles. The Morgan fingerprint density at radius 2 is 1.17 bits per heavy atom. The molecule has 2 N–H and O–H groups in total. The van der Waals surface area contributed by atoms with Crippen molar-refractivity contribution in [3.8, 4) is 6.01 Å². The van der Waals surface area contributed by atoms with Crippen molar-refractivity contribution >= 4 is 28.6 Å². The van der Waals surface area contributed by atoms with E-state index in [1.54, 1.807) is 12.1 Å². The molecule has 5 rings (SSSR count). The number of nitrogens with one attached hydrogen (secondary N) is 2. The summed E-state index contributed by atoms with van der Waals surface area (Å²) in [7, 11) is 0. The number of hydrazine groups is 1. The van der Waals surface area contributed by atoms with E-state index in [1.165, 1.54) is 0 Å². The minimum absolute atomic E-state index is 0.141. The molecule has 172 valence electrons. The normalized spacial score (nSPS) is 11.2. The van der Waals surface area contributed by atoms with Crippen LogP contribution in [0.25, 0.3) is 10.9 Å². The molecule has 0 unspecified atom stereocenters. The van der Waals surface area contributed by atoms with Crippen LogP contribution in [0, 0.1) is 0 Å². The van der Waals surface area contributed by atoms with Crippen molar-refractivity contribution < 1.29 is 9.53 Å². The van der Waals surface area contributed by atoms with E-state index in [2.05, 4.69) is 20.8 Å². The average Bonchev–Trinajstić information content (AvgIpc) is 2.91. The van der Waals surface area contributed by atoms with Crippen LogP contribution in [-0.2, 0) is 5.54 Å². The van der Waals surface area contributed by atoms with Gasteiger partial charge in [0.15, 0.2) is 0 Å². The van der Waals surface area contributed by atoms with E-state index in [9.17, 15) is 4.79 Å². The minimum atomic E-state index is -0.898. The molecule has 1 amide bonds. The molecular formula is C28H21ClN4O2. The Kier molecular flexibility index (Phi) is 6.39. The van der Waals surface area contributed by atoms with Crippen LogP contribution in [0.3, 0.4) is 0 Å². The van der Waals surface area contributed by atoms with Crippen molar-refractivity contribution in [3.63, 3.8) is 0 Å². The van der Waals surface area contributed by atoms with Gasteiger partial charge in [0.05, 0.1) is 5.52 Å². The summed E-state index contributed by atoms with van der Waals surface area (Å²) in [5.74, 6) is 0. The van der Waals surface area contributed by atoms with Crippen LogP contribution in [0.5, 0.6) is 6.01 Å². The first-order valence-corrected chi connectivity index (χ1v) is 11.4. The van der Waals surface area contributed by atoms with Crippen LogP contribution in [-0.4, -0.2) is 16.1 Å². The maximum Gasteiger partial charge on any atom is 0.429 e. The van der Waals surface area contributed by atoms with E-state index in [0.29, 0.717) is 10.9 Å². The Labute approximate surface area is 207 Å². The van der Waals surface area contributed by atoms with Crippen LogP contribution in [0.1, 0.15) is 16.7 Å². The third kappa shape index (κ3) is 4.57. The molecule has 6 nitrogen and oxygen atoms in total. The monoisotopic (exact) mass is 480 g/mol. The second kappa shape index (κ2) is 9.93. The largest absolute Gasteiger partial charge is 0.429 e. The summed E-state index contributed by atoms with van der Waals surface area (Å²) in [6, 6.07) is 36.7. The lowest BCUT2D eigenvalue weighted by Gasteiger charge is -2.36. The first-order valence-electron chi connectivity index (χ1n) is 11.0. The van der Waals surface area contributed by atoms with Crippen LogP contribution >= 0.6 is 11.6 Å². The van der Waals surface area contributed by atoms with Gasteiger partial charge in [-0.05, 0) is 28.8 Å². The maximum atomic E-state index is 12.9. The molecule has 1 aromatic heterocycles. The number of para-hydroxylation sites is 1. The molecule has 35 heavy (non-hydrogen) atoms. The van der Waals surface area contributed by atoms with E-state index >= 15 is 0 Å². The first kappa shape index (κ1) is 22.5. The molecule has 0 atom stereocenters. The predicted molar refractivity (Wildman–Crippen MR) is 136 cm³/mol. The standard InChI is InChI=1S/C28H21ClN4O2/c29-25-23-18-10-11-19-24(23)30-26(31-25)35-27(34)32-33-28(20-12-4-1-5-13-20,21-14-6-2-7-15-21)22-16-8-3-9-17-22/h1-19,33H,(H,32,34). The van der Waals surface area contributed by atoms with Crippen LogP contribution in [0.2, 0.25) is 5.15 Å². The first-order chi connectivity index (χ1) is 17.2. The lowest BCUT2D eigenvalue weighted by molar-refractivity contribution is 0.186. The zero-order chi connectivity index (χ0) is 24.1. The molecule has 0 spiro atoms. The lowest BCUT2D eigenvalue weighted by atomic mass is 9.77. The van der Waals surface area contributed by atoms with Gasteiger partial charge in [-0.2, -0.15) is 9.97 Å². The highest BCUT2D eigenvalue weighted by Crippen LogP contribution is 2.36. The van der Waals surface area contributed by atoms with Gasteiger partial charge in [-0.15, -0.1) is 0 Å². The number of benzene rings is 4. The number of hydrogen-bond acceptors (Lipinski definition) is 5. The van der Waals surface area contributed by atoms with Gasteiger partial charge in [-0.3, -0.25) is 5.43 Å². The van der Waals surface area contributed by atoms with Gasteiger partial charge in [-0.1, -0.05) is 115 Å². The molecule has 0 aliphatic heterocycles. The molecule has 0 fully saturated rings. The fourth-order valence-corrected chi connectivity index (χ4v) is 4.33. The van der Waals surface area contributed by atoms with Crippen molar-refractivity contribution in [2.45, 2.75) is 5.54 Å². The highest BCUT2D eigenvalue weighted by molar-refractivity contribution is 6.34. The predicted octanol–water partition coefficient (Wildman–Crippen LogP) is 5.87. The number of amides is 1. The van der Waals surface area contributed by atoms with Crippen molar-refractivity contribution in [2.24, 2.45) is 0 Å². The zero-order valence-corrected chi connectivity index (χ0v) is 19.3. The molecule has 0 saturated heterocycles. The minimum Gasteiger partial charge on any atom is -0.373 e. The summed E-state index contributed by atoms with van der Waals surface area (Å²) in [5.41, 5.74) is 8.42. The molecule has 0 radical (unpaired) electrons. The fraction of sp³-hybridized carbons (Fsp3) is 0.0357. The number of fused-ring (bicyclic) bond motifs is 1. The van der Waals surface area contributed by atoms with Crippen molar-refractivity contribution in [1.29, 1.82) is 0 Å². The van der Waals surface area contributed by atoms with Gasteiger partial charge >= 0.3 is 12.1 Å². The number of hydrogen-bond donors (Lipinski definition) is 2. The van der Waals surface area contributed by atoms with Gasteiger partial charge in [0.1, 0.15) is 10.7 Å². The third-order valence-corrected chi connectivity index (χ3v) is 5.98. The second-order valence-electron chi connectivity index (χ2n) is 7.80. The number of ether oxygens (including phenoxy) is 1. The summed E-state index contributed by atoms with van der Waals surface area (Å²) in [4.78, 5) is 21.3. The molecule has 0 saturated carbocycles. The quantitative estimate of drug-likeness (QED) is 0.180. The number of rotatable bonds is 6. The van der Waals surface area contributed by atoms with E-state index in [4.69, 9.17) is 16.3 Å². The summed E-state index contributed by atoms with van der Waals surface area (Å²) in [5, 5.41) is 0.884. The van der Waals surface area contributed by atoms with E-state index in [0.717, 1.165) is 16.7 Å². The number of carbonyl (C=O) groups is 1. The Bertz CT molecular complexity index is 1350. The van der Waals surface area contributed by atoms with Crippen LogP contribution in [0.4, 0.5) is 4.79 Å². The molecule has 5 aromatic rings. The number of halogens is 1. The topological polar surface area (TPSA) is 76.1 Å². The summed E-state index contributed by atoms with van der Waals surface area (Å²) < 4.78 is 5.39. The number of carbonyl (C=O) groups excluding carboxylic acids is 1. The van der Waals surface area contributed by atoms with E-state index in [-0.39, 0.29) is 11.2 Å². The Morgan fingerprint density at radius 3 is 1.71 bits per heavy atom. The van der Waals surface area contributed by atoms with E-state index in [1.807, 2.05) is 103 Å². The van der Waals surface area contributed by atoms with Crippen LogP contribution in [0.15, 0.2) is 115 Å². The van der Waals surface area contributed by atoms with Gasteiger partial charge < -0.3 is 4.74 Å². The van der Waals surface area contributed by atoms with Gasteiger partial charge in [0.2, 0.25) is 0 Å². The summed E-state index contributed by atoms with van der Waals surface area (Å²) in [6.07, 6.45) is -0.775. The SMILES string of the molecule is O=C(NNC(c1ccccc1)(c1ccccc1)c1ccccc1)Oc1nc(Cl)c2ccccc2n1. The molecule has 1 heterocycles. The fourth-order valence-electron chi connectivity index (χ4n) is 4.10. The Hall–Kier alpha value is -4.26. The van der Waals surface area contributed by atoms with Crippen molar-refractivity contribution in [3.05, 3.63) is 137 Å². The molecule has 0 aliphatic rings. The zero-order valence-electron chi connectivity index (χ0n) is 18.6. The van der Waals surface area contributed by atoms with Gasteiger partial charge in [0.25, 0.3) is 0 Å². The third-order valence-electron chi connectivity index (χ3n) is 5.69. The highest BCUT2D eigenvalue weighted by Gasteiger charge is 2.36. The van der Waals surface area contributed by atoms with E-state index < -0.39 is 11.6 Å². The van der Waals surface area contributed by atoms with Crippen molar-refractivity contribution in [1.82, 2.24) is 20.8 Å². The van der Waals surface area contributed by atoms with Crippen molar-refractivity contribution in [2.75, 3.05) is 0 Å². The highest BCUT2D eigenvalue weighted by atomic mass is 35.5. The van der Waals surface area contributed by atoms with Gasteiger partial charge in [-0.25, -0.2) is 10.2 Å². The smallest absolute Gasteiger partial charge is 0.373 e. The molecule has 4 aromatic carbocycles. The molecular weight excluding hydrogens is 460 g/mol. The molecule has 0 bridgehead atoms. The Balaban J connectivity index is 1.49. The molecule has 7 heteroatoms. The van der Waals surface area contributed by atoms with Gasteiger partial charge in [0, 0.05) is 5.39 Å². The summed E-state index contributed by atoms with van der Waals surface area (Å²) >= 11 is 6.26. The number of aromatic nitrogens is 2. The lowest BCUT2D eigenvalue weighted by Crippen LogP contribution is -2.54. The number of nitrogens with zero attached hydrogens (tertiary/aromatic N) is 2. The Morgan fingerprint density at radius 1 is 0.686 bits per heavy atom. The average molecular weight is 481 g/mol. The maximum absolute atomic E-state index is 12.9. The second-order valence-corrected chi connectivity index (χ2v) is 8.16. The summed E-state index contributed by atoms with van der Waals surface area (Å²) in [6.45, 7) is 0. The van der Waals surface area contributed by atoms with Crippen LogP contribution < -0.4 is 15.6 Å².